The van der Waals surface area contributed by atoms with Gasteiger partial charge < -0.3 is 15.4 Å². The maximum absolute atomic E-state index is 12.5. The Morgan fingerprint density at radius 2 is 1.67 bits per heavy atom. The number of ether oxygens (including phenoxy) is 1. The summed E-state index contributed by atoms with van der Waals surface area (Å²) in [6.45, 7) is 2.04. The van der Waals surface area contributed by atoms with E-state index in [1.54, 1.807) is 43.5 Å². The molecule has 0 radical (unpaired) electrons. The Morgan fingerprint density at radius 1 is 0.939 bits per heavy atom. The number of rotatable bonds is 7. The number of carbonyl (C=O) groups is 2. The monoisotopic (exact) mass is 457 g/mol. The van der Waals surface area contributed by atoms with Crippen LogP contribution >= 0.6 is 11.3 Å². The zero-order chi connectivity index (χ0) is 23.2. The summed E-state index contributed by atoms with van der Waals surface area (Å²) in [5.74, 6) is 0.160. The predicted molar refractivity (Wildman–Crippen MR) is 132 cm³/mol. The minimum absolute atomic E-state index is 0.165. The summed E-state index contributed by atoms with van der Waals surface area (Å²) < 4.78 is 5.26. The van der Waals surface area contributed by atoms with Crippen LogP contribution in [-0.4, -0.2) is 23.9 Å². The summed E-state index contributed by atoms with van der Waals surface area (Å²) in [4.78, 5) is 29.6. The van der Waals surface area contributed by atoms with Gasteiger partial charge in [0.15, 0.2) is 0 Å². The molecule has 0 bridgehead atoms. The van der Waals surface area contributed by atoms with Crippen LogP contribution in [0.4, 0.5) is 11.4 Å². The molecule has 7 heteroatoms. The second-order valence-corrected chi connectivity index (χ2v) is 8.32. The summed E-state index contributed by atoms with van der Waals surface area (Å²) in [7, 11) is 1.55. The van der Waals surface area contributed by atoms with Crippen LogP contribution < -0.4 is 15.4 Å². The fourth-order valence-corrected chi connectivity index (χ4v) is 4.06. The quantitative estimate of drug-likeness (QED) is 0.381. The number of carbonyl (C=O) groups excluding carboxylic acids is 2. The van der Waals surface area contributed by atoms with E-state index in [4.69, 9.17) is 4.74 Å². The maximum atomic E-state index is 12.5. The van der Waals surface area contributed by atoms with Crippen molar-refractivity contribution >= 4 is 34.5 Å². The van der Waals surface area contributed by atoms with Crippen LogP contribution in [0.15, 0.2) is 78.2 Å². The van der Waals surface area contributed by atoms with Crippen LogP contribution in [0, 0.1) is 6.92 Å². The Labute approximate surface area is 196 Å². The standard InChI is InChI=1S/C26H23N3O3S/c1-17-7-9-19(10-8-17)26-28-21(16-33-26)15-24(30)27-20-13-11-18(12-14-20)25(31)29-22-5-3-4-6-23(22)32-2/h3-14,16H,15H2,1-2H3,(H,27,30)(H,29,31). The van der Waals surface area contributed by atoms with E-state index in [0.717, 1.165) is 16.3 Å². The number of benzene rings is 3. The number of nitrogens with one attached hydrogen (secondary N) is 2. The number of methoxy groups -OCH3 is 1. The lowest BCUT2D eigenvalue weighted by molar-refractivity contribution is -0.115. The molecule has 0 saturated heterocycles. The molecule has 1 aromatic heterocycles. The second kappa shape index (κ2) is 10.1. The Bertz CT molecular complexity index is 1260. The Kier molecular flexibility index (Phi) is 6.80. The van der Waals surface area contributed by atoms with Crippen LogP contribution in [0.2, 0.25) is 0 Å². The lowest BCUT2D eigenvalue weighted by atomic mass is 10.1. The smallest absolute Gasteiger partial charge is 0.255 e. The molecule has 2 N–H and O–H groups in total. The fourth-order valence-electron chi connectivity index (χ4n) is 3.23. The van der Waals surface area contributed by atoms with Crippen molar-refractivity contribution in [3.05, 3.63) is 95.0 Å². The van der Waals surface area contributed by atoms with Crippen molar-refractivity contribution in [2.75, 3.05) is 17.7 Å². The average molecular weight is 458 g/mol. The molecule has 0 saturated carbocycles. The first-order chi connectivity index (χ1) is 16.0. The molecular formula is C26H23N3O3S. The summed E-state index contributed by atoms with van der Waals surface area (Å²) >= 11 is 1.52. The van der Waals surface area contributed by atoms with E-state index in [1.165, 1.54) is 16.9 Å². The third-order valence-electron chi connectivity index (χ3n) is 4.98. The average Bonchev–Trinajstić information content (AvgIpc) is 3.28. The molecule has 0 aliphatic rings. The summed E-state index contributed by atoms with van der Waals surface area (Å²) in [5, 5.41) is 8.48. The minimum Gasteiger partial charge on any atom is -0.495 e. The lowest BCUT2D eigenvalue weighted by Crippen LogP contribution is -2.15. The number of amides is 2. The molecule has 0 aliphatic carbocycles. The number of anilines is 2. The highest BCUT2D eigenvalue weighted by Crippen LogP contribution is 2.25. The molecule has 33 heavy (non-hydrogen) atoms. The molecule has 166 valence electrons. The van der Waals surface area contributed by atoms with Crippen LogP contribution in [0.25, 0.3) is 10.6 Å². The van der Waals surface area contributed by atoms with E-state index in [2.05, 4.69) is 15.6 Å². The van der Waals surface area contributed by atoms with Gasteiger partial charge in [-0.05, 0) is 43.3 Å². The van der Waals surface area contributed by atoms with Crippen molar-refractivity contribution in [3.8, 4) is 16.3 Å². The van der Waals surface area contributed by atoms with Crippen molar-refractivity contribution in [2.45, 2.75) is 13.3 Å². The number of aryl methyl sites for hydroxylation is 1. The van der Waals surface area contributed by atoms with Crippen molar-refractivity contribution in [1.29, 1.82) is 0 Å². The van der Waals surface area contributed by atoms with Crippen LogP contribution in [-0.2, 0) is 11.2 Å². The normalized spacial score (nSPS) is 10.5. The van der Waals surface area contributed by atoms with E-state index in [-0.39, 0.29) is 18.2 Å². The molecule has 3 aromatic carbocycles. The zero-order valence-electron chi connectivity index (χ0n) is 18.3. The topological polar surface area (TPSA) is 80.3 Å². The molecule has 4 rings (SSSR count). The molecule has 0 aliphatic heterocycles. The molecule has 1 heterocycles. The number of hydrogen-bond acceptors (Lipinski definition) is 5. The minimum atomic E-state index is -0.261. The van der Waals surface area contributed by atoms with Crippen LogP contribution in [0.5, 0.6) is 5.75 Å². The molecule has 4 aromatic rings. The van der Waals surface area contributed by atoms with E-state index in [9.17, 15) is 9.59 Å². The van der Waals surface area contributed by atoms with Crippen molar-refractivity contribution in [2.24, 2.45) is 0 Å². The van der Waals surface area contributed by atoms with E-state index >= 15 is 0 Å². The van der Waals surface area contributed by atoms with Gasteiger partial charge in [0.05, 0.1) is 24.9 Å². The first-order valence-corrected chi connectivity index (χ1v) is 11.3. The van der Waals surface area contributed by atoms with E-state index in [0.29, 0.717) is 22.7 Å². The van der Waals surface area contributed by atoms with Crippen molar-refractivity contribution in [1.82, 2.24) is 4.98 Å². The second-order valence-electron chi connectivity index (χ2n) is 7.47. The van der Waals surface area contributed by atoms with Gasteiger partial charge in [0, 0.05) is 22.2 Å². The van der Waals surface area contributed by atoms with Gasteiger partial charge in [0.1, 0.15) is 10.8 Å². The van der Waals surface area contributed by atoms with Crippen molar-refractivity contribution in [3.63, 3.8) is 0 Å². The maximum Gasteiger partial charge on any atom is 0.255 e. The molecule has 2 amide bonds. The molecule has 0 spiro atoms. The highest BCUT2D eigenvalue weighted by Gasteiger charge is 2.12. The molecule has 0 fully saturated rings. The molecule has 0 atom stereocenters. The Hall–Kier alpha value is -3.97. The van der Waals surface area contributed by atoms with E-state index < -0.39 is 0 Å². The van der Waals surface area contributed by atoms with Crippen molar-refractivity contribution < 1.29 is 14.3 Å². The fraction of sp³-hybridized carbons (Fsp3) is 0.115. The largest absolute Gasteiger partial charge is 0.495 e. The van der Waals surface area contributed by atoms with Gasteiger partial charge in [-0.2, -0.15) is 0 Å². The van der Waals surface area contributed by atoms with Gasteiger partial charge in [-0.15, -0.1) is 11.3 Å². The van der Waals surface area contributed by atoms with Gasteiger partial charge in [0.25, 0.3) is 5.91 Å². The highest BCUT2D eigenvalue weighted by molar-refractivity contribution is 7.13. The van der Waals surface area contributed by atoms with Gasteiger partial charge in [-0.1, -0.05) is 42.0 Å². The SMILES string of the molecule is COc1ccccc1NC(=O)c1ccc(NC(=O)Cc2csc(-c3ccc(C)cc3)n2)cc1. The summed E-state index contributed by atoms with van der Waals surface area (Å²) in [6.07, 6.45) is 0.179. The van der Waals surface area contributed by atoms with Crippen LogP contribution in [0.3, 0.4) is 0 Å². The number of nitrogens with zero attached hydrogens (tertiary/aromatic N) is 1. The summed E-state index contributed by atoms with van der Waals surface area (Å²) in [6, 6.07) is 22.1. The molecule has 0 unspecified atom stereocenters. The number of thiazole rings is 1. The zero-order valence-corrected chi connectivity index (χ0v) is 19.1. The lowest BCUT2D eigenvalue weighted by Gasteiger charge is -2.10. The van der Waals surface area contributed by atoms with Gasteiger partial charge in [-0.3, -0.25) is 9.59 Å². The number of aromatic nitrogens is 1. The number of hydrogen-bond donors (Lipinski definition) is 2. The van der Waals surface area contributed by atoms with Gasteiger partial charge >= 0.3 is 0 Å². The first kappa shape index (κ1) is 22.2. The molecular weight excluding hydrogens is 434 g/mol. The van der Waals surface area contributed by atoms with Gasteiger partial charge in [0.2, 0.25) is 5.91 Å². The Balaban J connectivity index is 1.34. The third kappa shape index (κ3) is 5.64. The van der Waals surface area contributed by atoms with Crippen LogP contribution in [0.1, 0.15) is 21.6 Å². The molecule has 6 nitrogen and oxygen atoms in total. The first-order valence-electron chi connectivity index (χ1n) is 10.4. The third-order valence-corrected chi connectivity index (χ3v) is 5.92. The summed E-state index contributed by atoms with van der Waals surface area (Å²) in [5.41, 5.74) is 4.64. The van der Waals surface area contributed by atoms with E-state index in [1.807, 2.05) is 48.7 Å². The number of para-hydroxylation sites is 2. The highest BCUT2D eigenvalue weighted by atomic mass is 32.1. The predicted octanol–water partition coefficient (Wildman–Crippen LogP) is 5.56. The van der Waals surface area contributed by atoms with Gasteiger partial charge in [-0.25, -0.2) is 4.98 Å². The Morgan fingerprint density at radius 3 is 2.39 bits per heavy atom.